The Bertz CT molecular complexity index is 1970. The van der Waals surface area contributed by atoms with E-state index in [0.717, 1.165) is 14.6 Å². The van der Waals surface area contributed by atoms with Crippen LogP contribution in [0.25, 0.3) is 16.3 Å². The van der Waals surface area contributed by atoms with Gasteiger partial charge in [0.15, 0.2) is 14.2 Å². The largest absolute Gasteiger partial charge is 0.463 e. The summed E-state index contributed by atoms with van der Waals surface area (Å²) in [6.45, 7) is 3.61. The standard InChI is InChI=1S/C28H19Cl2N3O4S3/c1-3-36-26(35)22-14(2)31-27-33(24(22)16-7-6-8-17(29)23(16)30)25(34)20(38-27)13-15-11-12-21(37-15)40-28-32-18-9-4-5-10-19(18)39-28/h4-13,24H,3H2,1-2H3/b20-13-/t24-/m1/s1. The fourth-order valence-corrected chi connectivity index (χ4v) is 7.80. The fraction of sp³-hybridized carbons (Fsp3) is 0.143. The van der Waals surface area contributed by atoms with E-state index < -0.39 is 12.0 Å². The number of rotatable bonds is 6. The van der Waals surface area contributed by atoms with Crippen LogP contribution in [0, 0.1) is 0 Å². The molecule has 40 heavy (non-hydrogen) atoms. The first-order valence-electron chi connectivity index (χ1n) is 12.1. The van der Waals surface area contributed by atoms with Crippen LogP contribution in [0.15, 0.2) is 89.5 Å². The number of para-hydroxylation sites is 1. The molecule has 7 nitrogen and oxygen atoms in total. The van der Waals surface area contributed by atoms with Crippen molar-refractivity contribution in [3.63, 3.8) is 0 Å². The van der Waals surface area contributed by atoms with Crippen molar-refractivity contribution in [3.05, 3.63) is 107 Å². The summed E-state index contributed by atoms with van der Waals surface area (Å²) in [5, 5.41) is 1.22. The van der Waals surface area contributed by atoms with E-state index in [0.29, 0.717) is 36.5 Å². The molecule has 0 aliphatic carbocycles. The van der Waals surface area contributed by atoms with Crippen molar-refractivity contribution in [1.82, 2.24) is 9.55 Å². The van der Waals surface area contributed by atoms with Crippen molar-refractivity contribution in [2.75, 3.05) is 6.61 Å². The van der Waals surface area contributed by atoms with Crippen LogP contribution in [-0.4, -0.2) is 22.1 Å². The first-order valence-corrected chi connectivity index (χ1v) is 15.3. The van der Waals surface area contributed by atoms with Crippen LogP contribution in [0.1, 0.15) is 31.2 Å². The van der Waals surface area contributed by atoms with Crippen LogP contribution >= 0.6 is 57.6 Å². The summed E-state index contributed by atoms with van der Waals surface area (Å²) in [6.07, 6.45) is 1.67. The van der Waals surface area contributed by atoms with E-state index in [1.54, 1.807) is 55.5 Å². The molecule has 1 aliphatic heterocycles. The molecule has 0 fully saturated rings. The van der Waals surface area contributed by atoms with Gasteiger partial charge >= 0.3 is 5.97 Å². The zero-order valence-corrected chi connectivity index (χ0v) is 25.0. The molecule has 2 aromatic carbocycles. The van der Waals surface area contributed by atoms with Crippen LogP contribution in [0.2, 0.25) is 10.0 Å². The quantitative estimate of drug-likeness (QED) is 0.201. The number of allylic oxidation sites excluding steroid dienone is 1. The van der Waals surface area contributed by atoms with Gasteiger partial charge in [-0.2, -0.15) is 0 Å². The zero-order valence-electron chi connectivity index (χ0n) is 21.0. The van der Waals surface area contributed by atoms with Gasteiger partial charge in [0.25, 0.3) is 5.56 Å². The minimum atomic E-state index is -0.856. The van der Waals surface area contributed by atoms with E-state index >= 15 is 0 Å². The number of thiazole rings is 2. The van der Waals surface area contributed by atoms with Gasteiger partial charge in [-0.25, -0.2) is 14.8 Å². The number of esters is 1. The molecule has 12 heteroatoms. The van der Waals surface area contributed by atoms with Crippen molar-refractivity contribution >= 4 is 79.9 Å². The molecule has 1 aliphatic rings. The second-order valence-corrected chi connectivity index (χ2v) is 12.7. The number of hydrogen-bond acceptors (Lipinski definition) is 9. The molecular weight excluding hydrogens is 609 g/mol. The lowest BCUT2D eigenvalue weighted by Crippen LogP contribution is -2.40. The molecule has 0 saturated heterocycles. The van der Waals surface area contributed by atoms with E-state index in [4.69, 9.17) is 32.4 Å². The monoisotopic (exact) mass is 627 g/mol. The third-order valence-corrected chi connectivity index (χ3v) is 9.96. The molecule has 3 aromatic heterocycles. The average molecular weight is 629 g/mol. The van der Waals surface area contributed by atoms with Crippen LogP contribution in [0.4, 0.5) is 0 Å². The highest BCUT2D eigenvalue weighted by molar-refractivity contribution is 8.01. The number of aromatic nitrogens is 2. The maximum Gasteiger partial charge on any atom is 0.338 e. The second kappa shape index (κ2) is 11.0. The molecule has 202 valence electrons. The number of ether oxygens (including phenoxy) is 1. The van der Waals surface area contributed by atoms with Gasteiger partial charge in [-0.05, 0) is 55.9 Å². The van der Waals surface area contributed by atoms with Crippen LogP contribution in [0.3, 0.4) is 0 Å². The highest BCUT2D eigenvalue weighted by Gasteiger charge is 2.35. The van der Waals surface area contributed by atoms with Crippen LogP contribution in [-0.2, 0) is 9.53 Å². The van der Waals surface area contributed by atoms with Crippen LogP contribution < -0.4 is 14.9 Å². The van der Waals surface area contributed by atoms with Crippen molar-refractivity contribution in [2.45, 2.75) is 29.3 Å². The molecular formula is C28H19Cl2N3O4S3. The summed E-state index contributed by atoms with van der Waals surface area (Å²) in [7, 11) is 0. The Balaban J connectivity index is 1.41. The number of halogens is 2. The van der Waals surface area contributed by atoms with E-state index in [9.17, 15) is 9.59 Å². The van der Waals surface area contributed by atoms with E-state index in [-0.39, 0.29) is 22.8 Å². The highest BCUT2D eigenvalue weighted by Crippen LogP contribution is 2.38. The summed E-state index contributed by atoms with van der Waals surface area (Å²) in [6, 6.07) is 15.9. The zero-order chi connectivity index (χ0) is 28.0. The average Bonchev–Trinajstić information content (AvgIpc) is 3.62. The van der Waals surface area contributed by atoms with E-state index in [2.05, 4.69) is 9.98 Å². The number of nitrogens with zero attached hydrogens (tertiary/aromatic N) is 3. The summed E-state index contributed by atoms with van der Waals surface area (Å²) in [5.74, 6) is -0.0610. The number of fused-ring (bicyclic) bond motifs is 2. The summed E-state index contributed by atoms with van der Waals surface area (Å²) in [4.78, 5) is 36.5. The third-order valence-electron chi connectivity index (χ3n) is 6.13. The van der Waals surface area contributed by atoms with Gasteiger partial charge in [0.2, 0.25) is 0 Å². The van der Waals surface area contributed by atoms with E-state index in [1.807, 2.05) is 30.3 Å². The fourth-order valence-electron chi connectivity index (χ4n) is 4.39. The molecule has 1 atom stereocenters. The molecule has 0 unspecified atom stereocenters. The summed E-state index contributed by atoms with van der Waals surface area (Å²) >= 11 is 17.1. The summed E-state index contributed by atoms with van der Waals surface area (Å²) in [5.41, 5.74) is 1.79. The lowest BCUT2D eigenvalue weighted by molar-refractivity contribution is -0.139. The Hall–Kier alpha value is -3.15. The molecule has 0 saturated carbocycles. The topological polar surface area (TPSA) is 86.7 Å². The predicted molar refractivity (Wildman–Crippen MR) is 159 cm³/mol. The molecule has 4 heterocycles. The smallest absolute Gasteiger partial charge is 0.338 e. The van der Waals surface area contributed by atoms with Gasteiger partial charge in [0.1, 0.15) is 11.8 Å². The van der Waals surface area contributed by atoms with Crippen molar-refractivity contribution in [1.29, 1.82) is 0 Å². The normalized spacial score (nSPS) is 15.4. The summed E-state index contributed by atoms with van der Waals surface area (Å²) < 4.78 is 15.2. The van der Waals surface area contributed by atoms with Crippen molar-refractivity contribution < 1.29 is 13.9 Å². The van der Waals surface area contributed by atoms with Gasteiger partial charge in [0, 0.05) is 11.6 Å². The van der Waals surface area contributed by atoms with Gasteiger partial charge in [-0.15, -0.1) is 11.3 Å². The number of carbonyl (C=O) groups is 1. The predicted octanol–water partition coefficient (Wildman–Crippen LogP) is 6.46. The van der Waals surface area contributed by atoms with Gasteiger partial charge in [-0.1, -0.05) is 58.8 Å². The molecule has 0 N–H and O–H groups in total. The van der Waals surface area contributed by atoms with Gasteiger partial charge in [0.05, 0.1) is 42.7 Å². The maximum absolute atomic E-state index is 13.8. The number of carbonyl (C=O) groups excluding carboxylic acids is 1. The lowest BCUT2D eigenvalue weighted by atomic mass is 9.96. The van der Waals surface area contributed by atoms with Gasteiger partial charge in [-0.3, -0.25) is 9.36 Å². The first-order chi connectivity index (χ1) is 19.3. The minimum absolute atomic E-state index is 0.173. The number of hydrogen-bond donors (Lipinski definition) is 0. The molecule has 5 aromatic rings. The Morgan fingerprint density at radius 1 is 1.15 bits per heavy atom. The van der Waals surface area contributed by atoms with Crippen LogP contribution in [0.5, 0.6) is 0 Å². The Morgan fingerprint density at radius 3 is 2.77 bits per heavy atom. The Labute approximate surface area is 250 Å². The molecule has 6 rings (SSSR count). The Kier molecular flexibility index (Phi) is 7.45. The highest BCUT2D eigenvalue weighted by atomic mass is 35.5. The Morgan fingerprint density at radius 2 is 1.98 bits per heavy atom. The minimum Gasteiger partial charge on any atom is -0.463 e. The molecule has 0 spiro atoms. The first kappa shape index (κ1) is 27.0. The SMILES string of the molecule is CCOC(=O)C1=C(C)N=c2s/c(=C\c3ccc(Sc4nc5ccccc5s4)o3)c(=O)n2[C@@H]1c1cccc(Cl)c1Cl. The molecule has 0 bridgehead atoms. The van der Waals surface area contributed by atoms with Crippen molar-refractivity contribution in [3.8, 4) is 0 Å². The molecule has 0 amide bonds. The number of benzene rings is 2. The molecule has 0 radical (unpaired) electrons. The van der Waals surface area contributed by atoms with E-state index in [1.165, 1.54) is 27.7 Å². The lowest BCUT2D eigenvalue weighted by Gasteiger charge is -2.25. The maximum atomic E-state index is 13.8. The van der Waals surface area contributed by atoms with Crippen molar-refractivity contribution in [2.24, 2.45) is 4.99 Å². The number of furan rings is 1. The van der Waals surface area contributed by atoms with Gasteiger partial charge < -0.3 is 9.15 Å². The third kappa shape index (κ3) is 4.95. The second-order valence-electron chi connectivity index (χ2n) is 8.65.